The Kier molecular flexibility index (Phi) is 6.24. The number of hydrogen-bond donors (Lipinski definition) is 1. The summed E-state index contributed by atoms with van der Waals surface area (Å²) in [6.07, 6.45) is 7.21. The number of hydrogen-bond acceptors (Lipinski definition) is 4. The zero-order chi connectivity index (χ0) is 15.9. The van der Waals surface area contributed by atoms with Gasteiger partial charge in [0.25, 0.3) is 5.91 Å². The average Bonchev–Trinajstić information content (AvgIpc) is 2.91. The maximum atomic E-state index is 11.8. The van der Waals surface area contributed by atoms with Gasteiger partial charge in [0.15, 0.2) is 11.3 Å². The second-order valence-corrected chi connectivity index (χ2v) is 6.30. The number of esters is 1. The van der Waals surface area contributed by atoms with E-state index in [-0.39, 0.29) is 18.6 Å². The molecule has 1 aliphatic rings. The van der Waals surface area contributed by atoms with Crippen LogP contribution in [0.4, 0.5) is 0 Å². The lowest BCUT2D eigenvalue weighted by Gasteiger charge is -2.29. The van der Waals surface area contributed by atoms with Crippen molar-refractivity contribution in [2.75, 3.05) is 6.61 Å². The number of carbonyl (C=O) groups excluding carboxylic acids is 2. The first-order valence-electron chi connectivity index (χ1n) is 7.44. The Labute approximate surface area is 138 Å². The number of nitrogens with one attached hydrogen (secondary N) is 1. The third-order valence-corrected chi connectivity index (χ3v) is 4.21. The van der Waals surface area contributed by atoms with E-state index in [1.807, 2.05) is 0 Å². The van der Waals surface area contributed by atoms with Crippen LogP contribution < -0.4 is 5.32 Å². The maximum Gasteiger partial charge on any atom is 0.331 e. The van der Waals surface area contributed by atoms with Gasteiger partial charge in [0.2, 0.25) is 0 Å². The first-order chi connectivity index (χ1) is 10.5. The molecule has 1 N–H and O–H groups in total. The van der Waals surface area contributed by atoms with Gasteiger partial charge in [-0.2, -0.15) is 0 Å². The molecule has 1 fully saturated rings. The van der Waals surface area contributed by atoms with E-state index in [9.17, 15) is 9.59 Å². The Hall–Kier alpha value is -1.56. The SMILES string of the molecule is C[C@@H]1CCCC[C@@H]1NC(=O)COC(=O)/C=C/c1ccc(Br)o1. The summed E-state index contributed by atoms with van der Waals surface area (Å²) in [4.78, 5) is 23.3. The molecule has 1 saturated carbocycles. The first kappa shape index (κ1) is 16.8. The number of carbonyl (C=O) groups is 2. The Balaban J connectivity index is 1.71. The lowest BCUT2D eigenvalue weighted by Crippen LogP contribution is -2.42. The van der Waals surface area contributed by atoms with Gasteiger partial charge < -0.3 is 14.5 Å². The summed E-state index contributed by atoms with van der Waals surface area (Å²) >= 11 is 3.17. The van der Waals surface area contributed by atoms with E-state index in [2.05, 4.69) is 28.2 Å². The molecule has 0 spiro atoms. The van der Waals surface area contributed by atoms with Crippen LogP contribution in [0.3, 0.4) is 0 Å². The Morgan fingerprint density at radius 3 is 2.86 bits per heavy atom. The molecule has 0 aromatic carbocycles. The van der Waals surface area contributed by atoms with Crippen LogP contribution >= 0.6 is 15.9 Å². The van der Waals surface area contributed by atoms with Gasteiger partial charge in [0.1, 0.15) is 5.76 Å². The molecule has 0 unspecified atom stereocenters. The van der Waals surface area contributed by atoms with E-state index < -0.39 is 5.97 Å². The van der Waals surface area contributed by atoms with Gasteiger partial charge in [-0.3, -0.25) is 4.79 Å². The molecule has 0 aliphatic heterocycles. The maximum absolute atomic E-state index is 11.8. The highest BCUT2D eigenvalue weighted by Gasteiger charge is 2.22. The fraction of sp³-hybridized carbons (Fsp3) is 0.500. The van der Waals surface area contributed by atoms with Crippen molar-refractivity contribution in [1.29, 1.82) is 0 Å². The number of furan rings is 1. The molecule has 1 amide bonds. The zero-order valence-electron chi connectivity index (χ0n) is 12.5. The van der Waals surface area contributed by atoms with E-state index >= 15 is 0 Å². The van der Waals surface area contributed by atoms with Crippen LogP contribution in [-0.4, -0.2) is 24.5 Å². The second-order valence-electron chi connectivity index (χ2n) is 5.52. The fourth-order valence-corrected chi connectivity index (χ4v) is 2.85. The second kappa shape index (κ2) is 8.17. The quantitative estimate of drug-likeness (QED) is 0.638. The van der Waals surface area contributed by atoms with Crippen molar-refractivity contribution >= 4 is 33.9 Å². The van der Waals surface area contributed by atoms with E-state index in [0.717, 1.165) is 19.3 Å². The van der Waals surface area contributed by atoms with Gasteiger partial charge in [-0.05, 0) is 52.9 Å². The predicted molar refractivity (Wildman–Crippen MR) is 86.0 cm³/mol. The highest BCUT2D eigenvalue weighted by molar-refractivity contribution is 9.10. The Bertz CT molecular complexity index is 552. The summed E-state index contributed by atoms with van der Waals surface area (Å²) in [5.41, 5.74) is 0. The molecular formula is C16H20BrNO4. The van der Waals surface area contributed by atoms with Crippen molar-refractivity contribution in [2.24, 2.45) is 5.92 Å². The normalized spacial score (nSPS) is 21.7. The highest BCUT2D eigenvalue weighted by atomic mass is 79.9. The van der Waals surface area contributed by atoms with Gasteiger partial charge in [0, 0.05) is 12.1 Å². The summed E-state index contributed by atoms with van der Waals surface area (Å²) in [6, 6.07) is 3.63. The number of halogens is 1. The Morgan fingerprint density at radius 2 is 2.18 bits per heavy atom. The Morgan fingerprint density at radius 1 is 1.41 bits per heavy atom. The van der Waals surface area contributed by atoms with Gasteiger partial charge in [-0.15, -0.1) is 0 Å². The molecule has 120 valence electrons. The summed E-state index contributed by atoms with van der Waals surface area (Å²) in [5.74, 6) is 0.190. The van der Waals surface area contributed by atoms with Crippen molar-refractivity contribution in [3.63, 3.8) is 0 Å². The van der Waals surface area contributed by atoms with Crippen LogP contribution in [0.2, 0.25) is 0 Å². The molecular weight excluding hydrogens is 350 g/mol. The van der Waals surface area contributed by atoms with Crippen molar-refractivity contribution < 1.29 is 18.7 Å². The largest absolute Gasteiger partial charge is 0.452 e. The lowest BCUT2D eigenvalue weighted by atomic mass is 9.86. The minimum Gasteiger partial charge on any atom is -0.452 e. The molecule has 5 nitrogen and oxygen atoms in total. The monoisotopic (exact) mass is 369 g/mol. The smallest absolute Gasteiger partial charge is 0.331 e. The van der Waals surface area contributed by atoms with Crippen LogP contribution in [0.1, 0.15) is 38.4 Å². The summed E-state index contributed by atoms with van der Waals surface area (Å²) < 4.78 is 10.7. The third kappa shape index (κ3) is 5.33. The molecule has 0 saturated heterocycles. The van der Waals surface area contributed by atoms with Gasteiger partial charge in [-0.1, -0.05) is 19.8 Å². The van der Waals surface area contributed by atoms with Crippen molar-refractivity contribution in [3.8, 4) is 0 Å². The highest BCUT2D eigenvalue weighted by Crippen LogP contribution is 2.23. The molecule has 22 heavy (non-hydrogen) atoms. The van der Waals surface area contributed by atoms with Crippen molar-refractivity contribution in [1.82, 2.24) is 5.32 Å². The van der Waals surface area contributed by atoms with Crippen LogP contribution in [0.15, 0.2) is 27.3 Å². The van der Waals surface area contributed by atoms with Gasteiger partial charge in [0.05, 0.1) is 0 Å². The van der Waals surface area contributed by atoms with Gasteiger partial charge >= 0.3 is 5.97 Å². The minimum absolute atomic E-state index is 0.191. The molecule has 1 heterocycles. The average molecular weight is 370 g/mol. The summed E-state index contributed by atoms with van der Waals surface area (Å²) in [7, 11) is 0. The van der Waals surface area contributed by atoms with Crippen molar-refractivity contribution in [3.05, 3.63) is 28.6 Å². The molecule has 1 aromatic rings. The molecule has 2 atom stereocenters. The third-order valence-electron chi connectivity index (χ3n) is 3.78. The standard InChI is InChI=1S/C16H20BrNO4/c1-11-4-2-3-5-13(11)18-15(19)10-21-16(20)9-7-12-6-8-14(17)22-12/h6-9,11,13H,2-5,10H2,1H3,(H,18,19)/b9-7+/t11-,13+/m1/s1. The molecule has 1 aliphatic carbocycles. The van der Waals surface area contributed by atoms with E-state index in [1.54, 1.807) is 12.1 Å². The van der Waals surface area contributed by atoms with E-state index in [1.165, 1.54) is 18.6 Å². The van der Waals surface area contributed by atoms with Crippen LogP contribution in [0, 0.1) is 5.92 Å². The molecule has 2 rings (SSSR count). The zero-order valence-corrected chi connectivity index (χ0v) is 14.1. The van der Waals surface area contributed by atoms with Crippen LogP contribution in [0.25, 0.3) is 6.08 Å². The molecule has 0 radical (unpaired) electrons. The molecule has 6 heteroatoms. The summed E-state index contributed by atoms with van der Waals surface area (Å²) in [5, 5.41) is 2.94. The van der Waals surface area contributed by atoms with Gasteiger partial charge in [-0.25, -0.2) is 4.79 Å². The topological polar surface area (TPSA) is 68.5 Å². The molecule has 1 aromatic heterocycles. The first-order valence-corrected chi connectivity index (χ1v) is 8.23. The number of amides is 1. The fourth-order valence-electron chi connectivity index (χ4n) is 2.53. The predicted octanol–water partition coefficient (Wildman–Crippen LogP) is 3.29. The summed E-state index contributed by atoms with van der Waals surface area (Å²) in [6.45, 7) is 1.88. The lowest BCUT2D eigenvalue weighted by molar-refractivity contribution is -0.144. The van der Waals surface area contributed by atoms with E-state index in [0.29, 0.717) is 16.3 Å². The number of ether oxygens (including phenoxy) is 1. The van der Waals surface area contributed by atoms with Crippen LogP contribution in [-0.2, 0) is 14.3 Å². The van der Waals surface area contributed by atoms with Crippen LogP contribution in [0.5, 0.6) is 0 Å². The number of rotatable bonds is 5. The molecule has 0 bridgehead atoms. The van der Waals surface area contributed by atoms with E-state index in [4.69, 9.17) is 9.15 Å². The van der Waals surface area contributed by atoms with Crippen molar-refractivity contribution in [2.45, 2.75) is 38.6 Å². The minimum atomic E-state index is -0.570.